The molecule has 0 radical (unpaired) electrons. The zero-order valence-corrected chi connectivity index (χ0v) is 8.67. The van der Waals surface area contributed by atoms with Gasteiger partial charge in [-0.25, -0.2) is 8.78 Å². The highest BCUT2D eigenvalue weighted by Gasteiger charge is 2.04. The summed E-state index contributed by atoms with van der Waals surface area (Å²) in [7, 11) is 0. The average Bonchev–Trinajstić information content (AvgIpc) is 2.25. The summed E-state index contributed by atoms with van der Waals surface area (Å²) in [6.07, 6.45) is 0.347. The second-order valence-electron chi connectivity index (χ2n) is 3.09. The van der Waals surface area contributed by atoms with Crippen LogP contribution in [-0.2, 0) is 0 Å². The van der Waals surface area contributed by atoms with Gasteiger partial charge in [-0.15, -0.1) is 0 Å². The van der Waals surface area contributed by atoms with Crippen LogP contribution in [0, 0.1) is 30.4 Å². The summed E-state index contributed by atoms with van der Waals surface area (Å²) in [5.74, 6) is 3.94. The van der Waals surface area contributed by atoms with Gasteiger partial charge < -0.3 is 0 Å². The Kier molecular flexibility index (Phi) is 4.31. The first-order valence-corrected chi connectivity index (χ1v) is 4.60. The lowest BCUT2D eigenvalue weighted by molar-refractivity contribution is 0.575. The third kappa shape index (κ3) is 3.26. The van der Waals surface area contributed by atoms with E-state index in [0.717, 1.165) is 6.07 Å². The Bertz CT molecular complexity index is 494. The van der Waals surface area contributed by atoms with Gasteiger partial charge in [0.25, 0.3) is 0 Å². The second-order valence-corrected chi connectivity index (χ2v) is 3.09. The van der Waals surface area contributed by atoms with Crippen LogP contribution in [0.15, 0.2) is 17.2 Å². The average molecular weight is 221 g/mol. The van der Waals surface area contributed by atoms with Crippen LogP contribution in [0.25, 0.3) is 10.4 Å². The zero-order chi connectivity index (χ0) is 12.0. The smallest absolute Gasteiger partial charge is 0.141 e. The maximum Gasteiger partial charge on any atom is 0.141 e. The molecule has 1 aromatic carbocycles. The third-order valence-electron chi connectivity index (χ3n) is 1.87. The molecule has 82 valence electrons. The molecule has 0 saturated heterocycles. The minimum Gasteiger partial charge on any atom is -0.207 e. The lowest BCUT2D eigenvalue weighted by Gasteiger charge is -1.98. The van der Waals surface area contributed by atoms with E-state index in [1.54, 1.807) is 6.92 Å². The summed E-state index contributed by atoms with van der Waals surface area (Å²) in [5.41, 5.74) is 8.50. The van der Waals surface area contributed by atoms with Crippen molar-refractivity contribution >= 4 is 0 Å². The van der Waals surface area contributed by atoms with E-state index in [2.05, 4.69) is 21.9 Å². The molecular weight excluding hydrogens is 212 g/mol. The predicted octanol–water partition coefficient (Wildman–Crippen LogP) is 3.33. The molecule has 0 aliphatic carbocycles. The lowest BCUT2D eigenvalue weighted by atomic mass is 10.1. The highest BCUT2D eigenvalue weighted by molar-refractivity contribution is 5.38. The van der Waals surface area contributed by atoms with Crippen LogP contribution in [0.2, 0.25) is 0 Å². The highest BCUT2D eigenvalue weighted by Crippen LogP contribution is 2.12. The van der Waals surface area contributed by atoms with Crippen molar-refractivity contribution in [3.63, 3.8) is 0 Å². The molecule has 5 heteroatoms. The van der Waals surface area contributed by atoms with Gasteiger partial charge in [-0.3, -0.25) is 0 Å². The topological polar surface area (TPSA) is 48.8 Å². The molecule has 1 rings (SSSR count). The number of benzene rings is 1. The molecule has 0 unspecified atom stereocenters. The van der Waals surface area contributed by atoms with Crippen molar-refractivity contribution in [2.24, 2.45) is 5.11 Å². The van der Waals surface area contributed by atoms with Gasteiger partial charge in [0.05, 0.1) is 5.56 Å². The highest BCUT2D eigenvalue weighted by atomic mass is 19.1. The minimum absolute atomic E-state index is 0.153. The standard InChI is InChI=1S/C11H9F2N3/c1-8-6-9(11(13)7-10(8)12)4-2-3-5-15-16-14/h6-7H,3,5H2,1H3. The number of hydrogen-bond donors (Lipinski definition) is 0. The molecule has 0 aliphatic rings. The van der Waals surface area contributed by atoms with Crippen molar-refractivity contribution in [3.05, 3.63) is 45.3 Å². The summed E-state index contributed by atoms with van der Waals surface area (Å²) in [6.45, 7) is 1.78. The lowest BCUT2D eigenvalue weighted by Crippen LogP contribution is -1.90. The normalized spacial score (nSPS) is 8.94. The predicted molar refractivity (Wildman–Crippen MR) is 56.6 cm³/mol. The van der Waals surface area contributed by atoms with E-state index in [-0.39, 0.29) is 12.1 Å². The number of rotatable bonds is 2. The van der Waals surface area contributed by atoms with Crippen molar-refractivity contribution in [2.45, 2.75) is 13.3 Å². The van der Waals surface area contributed by atoms with Crippen molar-refractivity contribution in [1.82, 2.24) is 0 Å². The summed E-state index contributed by atoms with van der Waals surface area (Å²) in [6, 6.07) is 2.16. The van der Waals surface area contributed by atoms with Gasteiger partial charge in [-0.2, -0.15) is 0 Å². The molecule has 0 spiro atoms. The van der Waals surface area contributed by atoms with Gasteiger partial charge in [-0.05, 0) is 24.1 Å². The molecule has 0 aromatic heterocycles. The first-order valence-electron chi connectivity index (χ1n) is 4.60. The van der Waals surface area contributed by atoms with Gasteiger partial charge in [0.15, 0.2) is 0 Å². The molecule has 0 atom stereocenters. The summed E-state index contributed by atoms with van der Waals surface area (Å²) < 4.78 is 26.1. The Morgan fingerprint density at radius 3 is 2.81 bits per heavy atom. The van der Waals surface area contributed by atoms with Gasteiger partial charge in [0.1, 0.15) is 11.6 Å². The maximum atomic E-state index is 13.2. The molecule has 0 amide bonds. The number of nitrogens with zero attached hydrogens (tertiary/aromatic N) is 3. The maximum absolute atomic E-state index is 13.2. The quantitative estimate of drug-likeness (QED) is 0.242. The SMILES string of the molecule is Cc1cc(C#CCCN=[N+]=[N-])c(F)cc1F. The van der Waals surface area contributed by atoms with Gasteiger partial charge in [0.2, 0.25) is 0 Å². The minimum atomic E-state index is -0.681. The summed E-state index contributed by atoms with van der Waals surface area (Å²) in [5, 5.41) is 3.28. The number of aryl methyl sites for hydroxylation is 1. The third-order valence-corrected chi connectivity index (χ3v) is 1.87. The van der Waals surface area contributed by atoms with Gasteiger partial charge >= 0.3 is 0 Å². The van der Waals surface area contributed by atoms with E-state index >= 15 is 0 Å². The Morgan fingerprint density at radius 1 is 1.38 bits per heavy atom. The molecule has 0 saturated carbocycles. The van der Waals surface area contributed by atoms with E-state index in [1.807, 2.05) is 0 Å². The summed E-state index contributed by atoms with van der Waals surface area (Å²) >= 11 is 0. The molecular formula is C11H9F2N3. The van der Waals surface area contributed by atoms with Crippen LogP contribution in [0.4, 0.5) is 8.78 Å². The van der Waals surface area contributed by atoms with Crippen LogP contribution < -0.4 is 0 Å². The number of hydrogen-bond acceptors (Lipinski definition) is 1. The Labute approximate surface area is 91.7 Å². The fourth-order valence-electron chi connectivity index (χ4n) is 1.06. The molecule has 3 nitrogen and oxygen atoms in total. The first kappa shape index (κ1) is 12.0. The molecule has 16 heavy (non-hydrogen) atoms. The van der Waals surface area contributed by atoms with Crippen molar-refractivity contribution < 1.29 is 8.78 Å². The van der Waals surface area contributed by atoms with Crippen LogP contribution in [-0.4, -0.2) is 6.54 Å². The molecule has 0 aliphatic heterocycles. The van der Waals surface area contributed by atoms with Crippen LogP contribution in [0.3, 0.4) is 0 Å². The number of halogens is 2. The Balaban J connectivity index is 2.80. The van der Waals surface area contributed by atoms with E-state index in [0.29, 0.717) is 12.0 Å². The van der Waals surface area contributed by atoms with Gasteiger partial charge in [-0.1, -0.05) is 17.0 Å². The van der Waals surface area contributed by atoms with E-state index in [4.69, 9.17) is 5.53 Å². The second kappa shape index (κ2) is 5.74. The molecule has 0 N–H and O–H groups in total. The Morgan fingerprint density at radius 2 is 2.12 bits per heavy atom. The largest absolute Gasteiger partial charge is 0.207 e. The first-order chi connectivity index (χ1) is 7.65. The Hall–Kier alpha value is -2.05. The van der Waals surface area contributed by atoms with Crippen molar-refractivity contribution in [2.75, 3.05) is 6.54 Å². The molecule has 0 fully saturated rings. The van der Waals surface area contributed by atoms with E-state index in [1.165, 1.54) is 6.07 Å². The molecule has 0 bridgehead atoms. The van der Waals surface area contributed by atoms with Crippen LogP contribution >= 0.6 is 0 Å². The fourth-order valence-corrected chi connectivity index (χ4v) is 1.06. The summed E-state index contributed by atoms with van der Waals surface area (Å²) in [4.78, 5) is 2.56. The van der Waals surface area contributed by atoms with Crippen LogP contribution in [0.5, 0.6) is 0 Å². The van der Waals surface area contributed by atoms with E-state index in [9.17, 15) is 8.78 Å². The van der Waals surface area contributed by atoms with E-state index < -0.39 is 11.6 Å². The zero-order valence-electron chi connectivity index (χ0n) is 8.67. The molecule has 0 heterocycles. The fraction of sp³-hybridized carbons (Fsp3) is 0.273. The van der Waals surface area contributed by atoms with Crippen molar-refractivity contribution in [3.8, 4) is 11.8 Å². The monoisotopic (exact) mass is 221 g/mol. The number of azide groups is 1. The van der Waals surface area contributed by atoms with Crippen LogP contribution in [0.1, 0.15) is 17.5 Å². The van der Waals surface area contributed by atoms with Crippen molar-refractivity contribution in [1.29, 1.82) is 0 Å². The van der Waals surface area contributed by atoms with Gasteiger partial charge in [0, 0.05) is 23.9 Å². The molecule has 1 aromatic rings.